The predicted octanol–water partition coefficient (Wildman–Crippen LogP) is 4.27. The van der Waals surface area contributed by atoms with Gasteiger partial charge in [0.05, 0.1) is 12.3 Å². The second-order valence-corrected chi connectivity index (χ2v) is 5.59. The maximum atomic E-state index is 5.96. The van der Waals surface area contributed by atoms with Gasteiger partial charge >= 0.3 is 0 Å². The SMILES string of the molecule is CCCCCCCCOc1ccccc1-c1cc(CN)[nH]n1. The number of rotatable bonds is 10. The van der Waals surface area contributed by atoms with Gasteiger partial charge in [-0.05, 0) is 24.6 Å². The molecule has 0 aliphatic carbocycles. The second kappa shape index (κ2) is 9.26. The number of hydrogen-bond donors (Lipinski definition) is 2. The van der Waals surface area contributed by atoms with E-state index in [-0.39, 0.29) is 0 Å². The van der Waals surface area contributed by atoms with Gasteiger partial charge in [0, 0.05) is 17.8 Å². The fraction of sp³-hybridized carbons (Fsp3) is 0.500. The van der Waals surface area contributed by atoms with Crippen molar-refractivity contribution in [1.82, 2.24) is 10.2 Å². The number of para-hydroxylation sites is 1. The molecular formula is C18H27N3O. The Morgan fingerprint density at radius 3 is 2.64 bits per heavy atom. The fourth-order valence-electron chi connectivity index (χ4n) is 2.47. The molecule has 0 amide bonds. The smallest absolute Gasteiger partial charge is 0.128 e. The highest BCUT2D eigenvalue weighted by molar-refractivity contribution is 5.67. The first-order valence-electron chi connectivity index (χ1n) is 8.31. The molecule has 0 aliphatic heterocycles. The minimum Gasteiger partial charge on any atom is -0.493 e. The van der Waals surface area contributed by atoms with Crippen LogP contribution in [0.1, 0.15) is 51.1 Å². The lowest BCUT2D eigenvalue weighted by Gasteiger charge is -2.10. The quantitative estimate of drug-likeness (QED) is 0.644. The molecule has 22 heavy (non-hydrogen) atoms. The molecule has 0 saturated carbocycles. The van der Waals surface area contributed by atoms with E-state index in [4.69, 9.17) is 10.5 Å². The third kappa shape index (κ3) is 4.88. The molecule has 1 aromatic carbocycles. The number of nitrogens with one attached hydrogen (secondary N) is 1. The van der Waals surface area contributed by atoms with E-state index < -0.39 is 0 Å². The van der Waals surface area contributed by atoms with Gasteiger partial charge in [0.2, 0.25) is 0 Å². The van der Waals surface area contributed by atoms with Gasteiger partial charge in [0.15, 0.2) is 0 Å². The molecule has 0 spiro atoms. The van der Waals surface area contributed by atoms with Crippen molar-refractivity contribution in [2.75, 3.05) is 6.61 Å². The van der Waals surface area contributed by atoms with Crippen LogP contribution in [0, 0.1) is 0 Å². The Morgan fingerprint density at radius 1 is 1.09 bits per heavy atom. The number of nitrogens with zero attached hydrogens (tertiary/aromatic N) is 1. The number of H-pyrrole nitrogens is 1. The summed E-state index contributed by atoms with van der Waals surface area (Å²) in [5.74, 6) is 0.895. The highest BCUT2D eigenvalue weighted by atomic mass is 16.5. The van der Waals surface area contributed by atoms with E-state index in [0.717, 1.165) is 35.7 Å². The second-order valence-electron chi connectivity index (χ2n) is 5.59. The number of nitrogens with two attached hydrogens (primary N) is 1. The van der Waals surface area contributed by atoms with Gasteiger partial charge in [-0.25, -0.2) is 0 Å². The van der Waals surface area contributed by atoms with Gasteiger partial charge in [-0.15, -0.1) is 0 Å². The van der Waals surface area contributed by atoms with Crippen LogP contribution >= 0.6 is 0 Å². The van der Waals surface area contributed by atoms with Crippen molar-refractivity contribution in [3.8, 4) is 17.0 Å². The van der Waals surface area contributed by atoms with E-state index in [0.29, 0.717) is 6.54 Å². The zero-order valence-electron chi connectivity index (χ0n) is 13.5. The van der Waals surface area contributed by atoms with E-state index >= 15 is 0 Å². The summed E-state index contributed by atoms with van der Waals surface area (Å²) in [6.45, 7) is 3.47. The number of aromatic amines is 1. The van der Waals surface area contributed by atoms with E-state index in [9.17, 15) is 0 Å². The topological polar surface area (TPSA) is 63.9 Å². The Hall–Kier alpha value is -1.81. The average Bonchev–Trinajstić information content (AvgIpc) is 3.03. The molecule has 2 aromatic rings. The molecule has 4 nitrogen and oxygen atoms in total. The van der Waals surface area contributed by atoms with E-state index in [1.54, 1.807) is 0 Å². The molecular weight excluding hydrogens is 274 g/mol. The number of unbranched alkanes of at least 4 members (excludes halogenated alkanes) is 5. The van der Waals surface area contributed by atoms with Crippen LogP contribution < -0.4 is 10.5 Å². The zero-order valence-corrected chi connectivity index (χ0v) is 13.5. The summed E-state index contributed by atoms with van der Waals surface area (Å²) in [5.41, 5.74) is 8.46. The molecule has 4 heteroatoms. The van der Waals surface area contributed by atoms with E-state index in [2.05, 4.69) is 17.1 Å². The average molecular weight is 301 g/mol. The normalized spacial score (nSPS) is 10.8. The lowest BCUT2D eigenvalue weighted by molar-refractivity contribution is 0.305. The van der Waals surface area contributed by atoms with Gasteiger partial charge in [-0.3, -0.25) is 5.10 Å². The summed E-state index contributed by atoms with van der Waals surface area (Å²) < 4.78 is 5.96. The van der Waals surface area contributed by atoms with Crippen LogP contribution in [0.15, 0.2) is 30.3 Å². The zero-order chi connectivity index (χ0) is 15.6. The van der Waals surface area contributed by atoms with Gasteiger partial charge in [0.1, 0.15) is 5.75 Å². The van der Waals surface area contributed by atoms with Crippen molar-refractivity contribution in [3.63, 3.8) is 0 Å². The van der Waals surface area contributed by atoms with Crippen LogP contribution in [0.5, 0.6) is 5.75 Å². The summed E-state index contributed by atoms with van der Waals surface area (Å²) in [4.78, 5) is 0. The molecule has 0 radical (unpaired) electrons. The Kier molecular flexibility index (Phi) is 6.97. The summed E-state index contributed by atoms with van der Waals surface area (Å²) in [7, 11) is 0. The number of ether oxygens (including phenoxy) is 1. The van der Waals surface area contributed by atoms with Crippen molar-refractivity contribution in [1.29, 1.82) is 0 Å². The Morgan fingerprint density at radius 2 is 1.86 bits per heavy atom. The van der Waals surface area contributed by atoms with Gasteiger partial charge < -0.3 is 10.5 Å². The van der Waals surface area contributed by atoms with Crippen molar-refractivity contribution < 1.29 is 4.74 Å². The molecule has 1 aromatic heterocycles. The predicted molar refractivity (Wildman–Crippen MR) is 90.8 cm³/mol. The minimum absolute atomic E-state index is 0.466. The van der Waals surface area contributed by atoms with E-state index in [1.807, 2.05) is 30.3 Å². The lowest BCUT2D eigenvalue weighted by Crippen LogP contribution is -1.99. The number of hydrogen-bond acceptors (Lipinski definition) is 3. The van der Waals surface area contributed by atoms with Gasteiger partial charge in [-0.2, -0.15) is 5.10 Å². The molecule has 2 rings (SSSR count). The molecule has 0 atom stereocenters. The van der Waals surface area contributed by atoms with Crippen LogP contribution in [0.3, 0.4) is 0 Å². The Bertz CT molecular complexity index is 551. The highest BCUT2D eigenvalue weighted by Crippen LogP contribution is 2.28. The molecule has 0 bridgehead atoms. The van der Waals surface area contributed by atoms with Crippen molar-refractivity contribution in [2.45, 2.75) is 52.0 Å². The Labute approximate surface area is 133 Å². The molecule has 0 fully saturated rings. The van der Waals surface area contributed by atoms with Crippen LogP contribution in [-0.2, 0) is 6.54 Å². The van der Waals surface area contributed by atoms with Crippen LogP contribution in [0.25, 0.3) is 11.3 Å². The monoisotopic (exact) mass is 301 g/mol. The van der Waals surface area contributed by atoms with Crippen molar-refractivity contribution in [3.05, 3.63) is 36.0 Å². The first kappa shape index (κ1) is 16.6. The molecule has 0 unspecified atom stereocenters. The molecule has 3 N–H and O–H groups in total. The molecule has 0 aliphatic rings. The Balaban J connectivity index is 1.86. The minimum atomic E-state index is 0.466. The maximum absolute atomic E-state index is 5.96. The van der Waals surface area contributed by atoms with Crippen LogP contribution in [-0.4, -0.2) is 16.8 Å². The van der Waals surface area contributed by atoms with Gasteiger partial charge in [-0.1, -0.05) is 51.2 Å². The fourth-order valence-corrected chi connectivity index (χ4v) is 2.47. The third-order valence-corrected chi connectivity index (χ3v) is 3.77. The largest absolute Gasteiger partial charge is 0.493 e. The summed E-state index contributed by atoms with van der Waals surface area (Å²) in [5, 5.41) is 7.26. The van der Waals surface area contributed by atoms with E-state index in [1.165, 1.54) is 32.1 Å². The van der Waals surface area contributed by atoms with Crippen molar-refractivity contribution >= 4 is 0 Å². The third-order valence-electron chi connectivity index (χ3n) is 3.77. The first-order chi connectivity index (χ1) is 10.8. The molecule has 1 heterocycles. The first-order valence-corrected chi connectivity index (χ1v) is 8.31. The highest BCUT2D eigenvalue weighted by Gasteiger charge is 2.09. The molecule has 120 valence electrons. The van der Waals surface area contributed by atoms with Crippen LogP contribution in [0.4, 0.5) is 0 Å². The maximum Gasteiger partial charge on any atom is 0.128 e. The lowest BCUT2D eigenvalue weighted by atomic mass is 10.1. The van der Waals surface area contributed by atoms with Gasteiger partial charge in [0.25, 0.3) is 0 Å². The number of benzene rings is 1. The summed E-state index contributed by atoms with van der Waals surface area (Å²) in [6.07, 6.45) is 7.61. The van der Waals surface area contributed by atoms with Crippen molar-refractivity contribution in [2.24, 2.45) is 5.73 Å². The van der Waals surface area contributed by atoms with Crippen LogP contribution in [0.2, 0.25) is 0 Å². The summed E-state index contributed by atoms with van der Waals surface area (Å²) in [6, 6.07) is 10.0. The number of aromatic nitrogens is 2. The molecule has 0 saturated heterocycles. The summed E-state index contributed by atoms with van der Waals surface area (Å²) >= 11 is 0. The standard InChI is InChI=1S/C18H27N3O/c1-2-3-4-5-6-9-12-22-18-11-8-7-10-16(18)17-13-15(14-19)20-21-17/h7-8,10-11,13H,2-6,9,12,14,19H2,1H3,(H,20,21).